The molecule has 0 aliphatic carbocycles. The summed E-state index contributed by atoms with van der Waals surface area (Å²) >= 11 is 0. The number of fused-ring (bicyclic) bond motifs is 3. The predicted octanol–water partition coefficient (Wildman–Crippen LogP) is 4.02. The van der Waals surface area contributed by atoms with Gasteiger partial charge in [0.15, 0.2) is 0 Å². The lowest BCUT2D eigenvalue weighted by Gasteiger charge is -2.34. The maximum Gasteiger partial charge on any atom is 0.513 e. The molecule has 0 saturated heterocycles. The summed E-state index contributed by atoms with van der Waals surface area (Å²) in [7, 11) is 1.30. The Labute approximate surface area is 152 Å². The Hall–Kier alpha value is -2.69. The van der Waals surface area contributed by atoms with E-state index in [0.29, 0.717) is 19.0 Å². The third-order valence-electron chi connectivity index (χ3n) is 5.42. The highest BCUT2D eigenvalue weighted by atomic mass is 16.7. The number of benzene rings is 2. The largest absolute Gasteiger partial charge is 0.513 e. The average molecular weight is 354 g/mol. The van der Waals surface area contributed by atoms with Crippen molar-refractivity contribution >= 4 is 6.16 Å². The number of carbonyl (C=O) groups is 1. The minimum absolute atomic E-state index is 0.272. The molecule has 26 heavy (non-hydrogen) atoms. The molecule has 2 aliphatic heterocycles. The molecule has 2 heterocycles. The maximum atomic E-state index is 11.5. The van der Waals surface area contributed by atoms with Gasteiger partial charge in [-0.15, -0.1) is 0 Å². The van der Waals surface area contributed by atoms with Crippen LogP contribution in [0.15, 0.2) is 24.3 Å². The Kier molecular flexibility index (Phi) is 3.83. The fourth-order valence-electron chi connectivity index (χ4n) is 3.75. The highest BCUT2D eigenvalue weighted by Gasteiger charge is 2.45. The minimum atomic E-state index is -0.725. The molecule has 4 rings (SSSR count). The van der Waals surface area contributed by atoms with E-state index in [2.05, 4.69) is 30.7 Å². The first-order valence-electron chi connectivity index (χ1n) is 8.68. The van der Waals surface area contributed by atoms with E-state index in [4.69, 9.17) is 14.2 Å². The number of rotatable bonds is 1. The van der Waals surface area contributed by atoms with E-state index in [9.17, 15) is 4.79 Å². The van der Waals surface area contributed by atoms with Crippen LogP contribution in [0.1, 0.15) is 27.8 Å². The molecule has 0 radical (unpaired) electrons. The molecular formula is C21H22O5. The molecule has 5 nitrogen and oxygen atoms in total. The van der Waals surface area contributed by atoms with Crippen molar-refractivity contribution in [3.05, 3.63) is 52.1 Å². The molecule has 0 saturated carbocycles. The highest BCUT2D eigenvalue weighted by Crippen LogP contribution is 2.47. The van der Waals surface area contributed by atoms with E-state index in [1.807, 2.05) is 19.1 Å². The third-order valence-corrected chi connectivity index (χ3v) is 5.42. The van der Waals surface area contributed by atoms with E-state index in [1.165, 1.54) is 23.8 Å². The summed E-state index contributed by atoms with van der Waals surface area (Å²) < 4.78 is 22.0. The van der Waals surface area contributed by atoms with Crippen LogP contribution in [-0.4, -0.2) is 26.5 Å². The summed E-state index contributed by atoms with van der Waals surface area (Å²) in [6, 6.07) is 8.11. The standard InChI is InChI=1S/C21H22O5/c1-12-5-15-9-21(10-24-18(15)6-13(12)2)11-25-19-7-14(3)17(8-16(19)21)26-20(22)23-4/h5-8H,9-11H2,1-4H3. The zero-order chi connectivity index (χ0) is 18.5. The molecule has 0 amide bonds. The molecule has 1 spiro atoms. The Morgan fingerprint density at radius 2 is 1.62 bits per heavy atom. The summed E-state index contributed by atoms with van der Waals surface area (Å²) in [4.78, 5) is 11.5. The van der Waals surface area contributed by atoms with Crippen molar-refractivity contribution in [3.8, 4) is 17.2 Å². The molecule has 0 aromatic heterocycles. The zero-order valence-electron chi connectivity index (χ0n) is 15.5. The number of aryl methyl sites for hydroxylation is 3. The second kappa shape index (κ2) is 5.94. The van der Waals surface area contributed by atoms with Gasteiger partial charge in [0.1, 0.15) is 30.5 Å². The van der Waals surface area contributed by atoms with Crippen molar-refractivity contribution in [1.29, 1.82) is 0 Å². The summed E-state index contributed by atoms with van der Waals surface area (Å²) in [6.45, 7) is 7.18. The van der Waals surface area contributed by atoms with Crippen LogP contribution in [0.4, 0.5) is 4.79 Å². The van der Waals surface area contributed by atoms with Crippen LogP contribution in [0.25, 0.3) is 0 Å². The van der Waals surface area contributed by atoms with Gasteiger partial charge < -0.3 is 18.9 Å². The van der Waals surface area contributed by atoms with Gasteiger partial charge in [-0.1, -0.05) is 6.07 Å². The second-order valence-corrected chi connectivity index (χ2v) is 7.25. The maximum absolute atomic E-state index is 11.5. The van der Waals surface area contributed by atoms with Crippen LogP contribution < -0.4 is 14.2 Å². The lowest BCUT2D eigenvalue weighted by atomic mass is 9.75. The fraction of sp³-hybridized carbons (Fsp3) is 0.381. The second-order valence-electron chi connectivity index (χ2n) is 7.25. The van der Waals surface area contributed by atoms with Crippen molar-refractivity contribution in [1.82, 2.24) is 0 Å². The Balaban J connectivity index is 1.74. The fourth-order valence-corrected chi connectivity index (χ4v) is 3.75. The highest BCUT2D eigenvalue weighted by molar-refractivity contribution is 5.66. The SMILES string of the molecule is COC(=O)Oc1cc2c(cc1C)OCC21COc2cc(C)c(C)cc2C1. The number of hydrogen-bond acceptors (Lipinski definition) is 5. The molecule has 136 valence electrons. The molecule has 1 unspecified atom stereocenters. The quantitative estimate of drug-likeness (QED) is 0.572. The molecule has 0 bridgehead atoms. The molecule has 0 fully saturated rings. The lowest BCUT2D eigenvalue weighted by molar-refractivity contribution is 0.121. The number of hydrogen-bond donors (Lipinski definition) is 0. The minimum Gasteiger partial charge on any atom is -0.492 e. The van der Waals surface area contributed by atoms with Gasteiger partial charge in [0, 0.05) is 5.56 Å². The molecular weight excluding hydrogens is 332 g/mol. The number of ether oxygens (including phenoxy) is 4. The molecule has 2 aromatic carbocycles. The van der Waals surface area contributed by atoms with Gasteiger partial charge in [-0.05, 0) is 67.6 Å². The first-order chi connectivity index (χ1) is 12.4. The molecule has 0 N–H and O–H groups in total. The Bertz CT molecular complexity index is 902. The summed E-state index contributed by atoms with van der Waals surface area (Å²) in [5, 5.41) is 0. The number of methoxy groups -OCH3 is 1. The average Bonchev–Trinajstić information content (AvgIpc) is 2.94. The van der Waals surface area contributed by atoms with Gasteiger partial charge in [0.2, 0.25) is 0 Å². The third kappa shape index (κ3) is 2.59. The summed E-state index contributed by atoms with van der Waals surface area (Å²) in [5.41, 5.74) is 5.24. The van der Waals surface area contributed by atoms with Gasteiger partial charge in [-0.2, -0.15) is 0 Å². The zero-order valence-corrected chi connectivity index (χ0v) is 15.5. The number of carbonyl (C=O) groups excluding carboxylic acids is 1. The van der Waals surface area contributed by atoms with E-state index < -0.39 is 6.16 Å². The van der Waals surface area contributed by atoms with Crippen molar-refractivity contribution in [3.63, 3.8) is 0 Å². The van der Waals surface area contributed by atoms with Gasteiger partial charge in [-0.3, -0.25) is 0 Å². The van der Waals surface area contributed by atoms with E-state index in [-0.39, 0.29) is 5.41 Å². The molecule has 5 heteroatoms. The van der Waals surface area contributed by atoms with Gasteiger partial charge >= 0.3 is 6.16 Å². The van der Waals surface area contributed by atoms with Crippen molar-refractivity contribution < 1.29 is 23.7 Å². The summed E-state index contributed by atoms with van der Waals surface area (Å²) in [6.07, 6.45) is 0.106. The molecule has 1 atom stereocenters. The van der Waals surface area contributed by atoms with Gasteiger partial charge in [-0.25, -0.2) is 4.79 Å². The molecule has 2 aromatic rings. The van der Waals surface area contributed by atoms with E-state index in [0.717, 1.165) is 29.0 Å². The van der Waals surface area contributed by atoms with Crippen molar-refractivity contribution in [2.45, 2.75) is 32.6 Å². The first kappa shape index (κ1) is 16.8. The van der Waals surface area contributed by atoms with Crippen LogP contribution in [0.2, 0.25) is 0 Å². The van der Waals surface area contributed by atoms with Crippen molar-refractivity contribution in [2.75, 3.05) is 20.3 Å². The van der Waals surface area contributed by atoms with E-state index >= 15 is 0 Å². The van der Waals surface area contributed by atoms with Gasteiger partial charge in [0.05, 0.1) is 12.5 Å². The van der Waals surface area contributed by atoms with Crippen LogP contribution in [0.3, 0.4) is 0 Å². The topological polar surface area (TPSA) is 54.0 Å². The van der Waals surface area contributed by atoms with Crippen LogP contribution in [0.5, 0.6) is 17.2 Å². The Morgan fingerprint density at radius 1 is 0.962 bits per heavy atom. The predicted molar refractivity (Wildman–Crippen MR) is 96.5 cm³/mol. The Morgan fingerprint density at radius 3 is 2.35 bits per heavy atom. The first-order valence-corrected chi connectivity index (χ1v) is 8.68. The van der Waals surface area contributed by atoms with Crippen molar-refractivity contribution in [2.24, 2.45) is 0 Å². The molecule has 2 aliphatic rings. The van der Waals surface area contributed by atoms with E-state index in [1.54, 1.807) is 0 Å². The monoisotopic (exact) mass is 354 g/mol. The smallest absolute Gasteiger partial charge is 0.492 e. The lowest BCUT2D eigenvalue weighted by Crippen LogP contribution is -2.40. The summed E-state index contributed by atoms with van der Waals surface area (Å²) in [5.74, 6) is 2.27. The normalized spacial score (nSPS) is 20.0. The van der Waals surface area contributed by atoms with Crippen LogP contribution in [-0.2, 0) is 16.6 Å². The van der Waals surface area contributed by atoms with Gasteiger partial charge in [0.25, 0.3) is 0 Å². The van der Waals surface area contributed by atoms with Crippen LogP contribution >= 0.6 is 0 Å². The van der Waals surface area contributed by atoms with Crippen LogP contribution in [0, 0.1) is 20.8 Å².